The first-order valence-corrected chi connectivity index (χ1v) is 7.58. The monoisotopic (exact) mass is 276 g/mol. The molecule has 1 aliphatic rings. The number of nitrogens with one attached hydrogen (secondary N) is 1. The molecule has 1 fully saturated rings. The van der Waals surface area contributed by atoms with Crippen LogP contribution in [0.15, 0.2) is 24.3 Å². The number of anilines is 1. The molecule has 1 heterocycles. The Morgan fingerprint density at radius 1 is 1.25 bits per heavy atom. The first-order valence-electron chi connectivity index (χ1n) is 7.58. The number of nitrogens with zero attached hydrogens (tertiary/aromatic N) is 1. The Kier molecular flexibility index (Phi) is 4.71. The van der Waals surface area contributed by atoms with Crippen molar-refractivity contribution in [3.8, 4) is 0 Å². The van der Waals surface area contributed by atoms with Crippen LogP contribution in [0.25, 0.3) is 0 Å². The van der Waals surface area contributed by atoms with Crippen molar-refractivity contribution in [3.05, 3.63) is 29.8 Å². The van der Waals surface area contributed by atoms with E-state index in [0.29, 0.717) is 12.1 Å². The highest BCUT2D eigenvalue weighted by Crippen LogP contribution is 2.26. The van der Waals surface area contributed by atoms with E-state index >= 15 is 0 Å². The Balaban J connectivity index is 2.18. The maximum absolute atomic E-state index is 5.74. The van der Waals surface area contributed by atoms with Gasteiger partial charge < -0.3 is 15.0 Å². The molecule has 112 valence electrons. The van der Waals surface area contributed by atoms with Crippen molar-refractivity contribution in [1.82, 2.24) is 5.32 Å². The summed E-state index contributed by atoms with van der Waals surface area (Å²) in [6.45, 7) is 13.7. The smallest absolute Gasteiger partial charge is 0.0723 e. The standard InChI is InChI=1S/C17H28N2O/c1-13-12-20-14(2)11-19(13)16-9-7-6-8-15(16)10-18-17(3,4)5/h6-9,13-14,18H,10-12H2,1-5H3. The molecule has 1 saturated heterocycles. The van der Waals surface area contributed by atoms with Crippen LogP contribution < -0.4 is 10.2 Å². The van der Waals surface area contributed by atoms with E-state index in [1.807, 2.05) is 0 Å². The predicted octanol–water partition coefficient (Wildman–Crippen LogP) is 3.19. The lowest BCUT2D eigenvalue weighted by Crippen LogP contribution is -2.48. The van der Waals surface area contributed by atoms with Crippen molar-refractivity contribution in [1.29, 1.82) is 0 Å². The SMILES string of the molecule is CC1CN(c2ccccc2CNC(C)(C)C)C(C)CO1. The number of hydrogen-bond acceptors (Lipinski definition) is 3. The molecule has 0 aliphatic carbocycles. The van der Waals surface area contributed by atoms with Crippen molar-refractivity contribution in [3.63, 3.8) is 0 Å². The van der Waals surface area contributed by atoms with Crippen LogP contribution in [0.3, 0.4) is 0 Å². The summed E-state index contributed by atoms with van der Waals surface area (Å²) in [4.78, 5) is 2.48. The van der Waals surface area contributed by atoms with Crippen LogP contribution in [0.4, 0.5) is 5.69 Å². The molecule has 3 heteroatoms. The average molecular weight is 276 g/mol. The molecular weight excluding hydrogens is 248 g/mol. The minimum absolute atomic E-state index is 0.136. The quantitative estimate of drug-likeness (QED) is 0.917. The van der Waals surface area contributed by atoms with Gasteiger partial charge in [0.05, 0.1) is 12.7 Å². The summed E-state index contributed by atoms with van der Waals surface area (Å²) < 4.78 is 5.74. The Bertz CT molecular complexity index is 439. The van der Waals surface area contributed by atoms with Gasteiger partial charge in [-0.1, -0.05) is 18.2 Å². The number of morpholine rings is 1. The molecule has 0 amide bonds. The Hall–Kier alpha value is -1.06. The van der Waals surface area contributed by atoms with Gasteiger partial charge in [0.15, 0.2) is 0 Å². The molecule has 2 rings (SSSR count). The Morgan fingerprint density at radius 2 is 1.95 bits per heavy atom. The first-order chi connectivity index (χ1) is 9.37. The number of hydrogen-bond donors (Lipinski definition) is 1. The van der Waals surface area contributed by atoms with E-state index in [2.05, 4.69) is 69.1 Å². The van der Waals surface area contributed by atoms with E-state index in [4.69, 9.17) is 4.74 Å². The molecule has 0 bridgehead atoms. The third-order valence-electron chi connectivity index (χ3n) is 3.72. The van der Waals surface area contributed by atoms with Gasteiger partial charge in [0, 0.05) is 30.4 Å². The zero-order chi connectivity index (χ0) is 14.8. The van der Waals surface area contributed by atoms with E-state index in [1.54, 1.807) is 0 Å². The fraction of sp³-hybridized carbons (Fsp3) is 0.647. The van der Waals surface area contributed by atoms with Crippen molar-refractivity contribution >= 4 is 5.69 Å². The Labute approximate surface area is 123 Å². The van der Waals surface area contributed by atoms with Gasteiger partial charge in [-0.05, 0) is 46.2 Å². The van der Waals surface area contributed by atoms with Gasteiger partial charge in [-0.15, -0.1) is 0 Å². The largest absolute Gasteiger partial charge is 0.375 e. The number of rotatable bonds is 3. The maximum Gasteiger partial charge on any atom is 0.0723 e. The first kappa shape index (κ1) is 15.3. The number of benzene rings is 1. The Morgan fingerprint density at radius 3 is 2.65 bits per heavy atom. The molecule has 0 radical (unpaired) electrons. The van der Waals surface area contributed by atoms with E-state index in [0.717, 1.165) is 19.7 Å². The van der Waals surface area contributed by atoms with E-state index in [-0.39, 0.29) is 5.54 Å². The molecular formula is C17H28N2O. The average Bonchev–Trinajstić information content (AvgIpc) is 2.39. The second-order valence-electron chi connectivity index (χ2n) is 6.88. The molecule has 1 N–H and O–H groups in total. The van der Waals surface area contributed by atoms with Gasteiger partial charge in [-0.3, -0.25) is 0 Å². The zero-order valence-electron chi connectivity index (χ0n) is 13.4. The summed E-state index contributed by atoms with van der Waals surface area (Å²) in [5.41, 5.74) is 2.84. The summed E-state index contributed by atoms with van der Waals surface area (Å²) in [7, 11) is 0. The van der Waals surface area contributed by atoms with Gasteiger partial charge in [-0.2, -0.15) is 0 Å². The lowest BCUT2D eigenvalue weighted by Gasteiger charge is -2.39. The molecule has 0 aromatic heterocycles. The third kappa shape index (κ3) is 3.97. The molecule has 2 unspecified atom stereocenters. The summed E-state index contributed by atoms with van der Waals surface area (Å²) >= 11 is 0. The van der Waals surface area contributed by atoms with Crippen LogP contribution in [0.5, 0.6) is 0 Å². The highest BCUT2D eigenvalue weighted by atomic mass is 16.5. The highest BCUT2D eigenvalue weighted by Gasteiger charge is 2.25. The van der Waals surface area contributed by atoms with Crippen LogP contribution in [0.1, 0.15) is 40.2 Å². The summed E-state index contributed by atoms with van der Waals surface area (Å²) in [5.74, 6) is 0. The molecule has 1 aliphatic heterocycles. The van der Waals surface area contributed by atoms with Crippen LogP contribution >= 0.6 is 0 Å². The molecule has 1 aromatic carbocycles. The molecule has 3 nitrogen and oxygen atoms in total. The summed E-state index contributed by atoms with van der Waals surface area (Å²) in [6, 6.07) is 9.14. The van der Waals surface area contributed by atoms with Crippen LogP contribution in [-0.2, 0) is 11.3 Å². The van der Waals surface area contributed by atoms with Crippen LogP contribution in [0.2, 0.25) is 0 Å². The molecule has 2 atom stereocenters. The van der Waals surface area contributed by atoms with Gasteiger partial charge in [0.25, 0.3) is 0 Å². The van der Waals surface area contributed by atoms with Gasteiger partial charge in [-0.25, -0.2) is 0 Å². The molecule has 20 heavy (non-hydrogen) atoms. The zero-order valence-corrected chi connectivity index (χ0v) is 13.4. The van der Waals surface area contributed by atoms with E-state index in [1.165, 1.54) is 11.3 Å². The predicted molar refractivity (Wildman–Crippen MR) is 85.3 cm³/mol. The minimum Gasteiger partial charge on any atom is -0.375 e. The maximum atomic E-state index is 5.74. The third-order valence-corrected chi connectivity index (χ3v) is 3.72. The second kappa shape index (κ2) is 6.15. The lowest BCUT2D eigenvalue weighted by atomic mass is 10.1. The van der Waals surface area contributed by atoms with Crippen molar-refractivity contribution in [2.24, 2.45) is 0 Å². The normalized spacial score (nSPS) is 23.9. The number of para-hydroxylation sites is 1. The fourth-order valence-electron chi connectivity index (χ4n) is 2.54. The van der Waals surface area contributed by atoms with Crippen molar-refractivity contribution in [2.45, 2.75) is 58.8 Å². The van der Waals surface area contributed by atoms with Crippen molar-refractivity contribution in [2.75, 3.05) is 18.1 Å². The number of ether oxygens (including phenoxy) is 1. The van der Waals surface area contributed by atoms with E-state index < -0.39 is 0 Å². The highest BCUT2D eigenvalue weighted by molar-refractivity contribution is 5.54. The van der Waals surface area contributed by atoms with E-state index in [9.17, 15) is 0 Å². The topological polar surface area (TPSA) is 24.5 Å². The summed E-state index contributed by atoms with van der Waals surface area (Å²) in [6.07, 6.45) is 0.301. The van der Waals surface area contributed by atoms with Gasteiger partial charge in [0.1, 0.15) is 0 Å². The van der Waals surface area contributed by atoms with Crippen LogP contribution in [0, 0.1) is 0 Å². The fourth-order valence-corrected chi connectivity index (χ4v) is 2.54. The molecule has 0 spiro atoms. The molecule has 0 saturated carbocycles. The second-order valence-corrected chi connectivity index (χ2v) is 6.88. The summed E-state index contributed by atoms with van der Waals surface area (Å²) in [5, 5.41) is 3.59. The van der Waals surface area contributed by atoms with Gasteiger partial charge >= 0.3 is 0 Å². The lowest BCUT2D eigenvalue weighted by molar-refractivity contribution is 0.0343. The van der Waals surface area contributed by atoms with Crippen molar-refractivity contribution < 1.29 is 4.74 Å². The molecule has 1 aromatic rings. The van der Waals surface area contributed by atoms with Gasteiger partial charge in [0.2, 0.25) is 0 Å². The minimum atomic E-state index is 0.136. The van der Waals surface area contributed by atoms with Crippen LogP contribution in [-0.4, -0.2) is 30.8 Å².